The number of carbonyl (C=O) groups excluding carboxylic acids is 1. The minimum Gasteiger partial charge on any atom is -0.481 e. The summed E-state index contributed by atoms with van der Waals surface area (Å²) >= 11 is 0. The Morgan fingerprint density at radius 3 is 1.85 bits per heavy atom. The number of carboxylic acid groups (broad SMARTS) is 1. The Hall–Kier alpha value is -1.64. The maximum absolute atomic E-state index is 12.5. The number of Topliss-reactive ketones (excluding diaryl/α,β-unsaturated/α-hetero) is 1. The molecule has 0 aliphatic heterocycles. The topological polar surface area (TPSA) is 54.4 Å². The first kappa shape index (κ1) is 18.4. The van der Waals surface area contributed by atoms with Crippen molar-refractivity contribution in [1.29, 1.82) is 0 Å². The number of carboxylic acids is 1. The summed E-state index contributed by atoms with van der Waals surface area (Å²) in [7, 11) is 0. The van der Waals surface area contributed by atoms with E-state index in [0.717, 1.165) is 0 Å². The fraction of sp³-hybridized carbons (Fsp3) is 0.529. The van der Waals surface area contributed by atoms with Crippen LogP contribution >= 0.6 is 0 Å². The van der Waals surface area contributed by atoms with Crippen molar-refractivity contribution in [3.05, 3.63) is 35.9 Å². The van der Waals surface area contributed by atoms with Crippen LogP contribution in [0, 0.1) is 10.8 Å². The number of hydrogen-bond acceptors (Lipinski definition) is 2. The molecular formula is C17H26O3. The van der Waals surface area contributed by atoms with E-state index in [9.17, 15) is 9.59 Å². The van der Waals surface area contributed by atoms with Crippen LogP contribution in [0.3, 0.4) is 0 Å². The third-order valence-electron chi connectivity index (χ3n) is 3.89. The molecule has 0 fully saturated rings. The minimum atomic E-state index is -0.881. The van der Waals surface area contributed by atoms with E-state index in [-0.39, 0.29) is 12.2 Å². The summed E-state index contributed by atoms with van der Waals surface area (Å²) in [4.78, 5) is 23.4. The van der Waals surface area contributed by atoms with Crippen molar-refractivity contribution in [2.24, 2.45) is 10.8 Å². The van der Waals surface area contributed by atoms with Gasteiger partial charge in [0.2, 0.25) is 0 Å². The summed E-state index contributed by atoms with van der Waals surface area (Å²) in [5.41, 5.74) is -0.709. The predicted octanol–water partition coefficient (Wildman–Crippen LogP) is 4.42. The summed E-state index contributed by atoms with van der Waals surface area (Å²) in [5.74, 6) is -0.900. The van der Waals surface area contributed by atoms with Crippen LogP contribution < -0.4 is 0 Å². The lowest BCUT2D eigenvalue weighted by Gasteiger charge is -2.39. The standard InChI is InChI=1S/C15H20O3.C2H6/c1-14(2,10-12(16)17)15(3,4)13(18)11-8-6-5-7-9-11;1-2/h5-9H,10H2,1-4H3,(H,16,17);1-2H3. The van der Waals surface area contributed by atoms with Crippen molar-refractivity contribution in [2.75, 3.05) is 0 Å². The van der Waals surface area contributed by atoms with Gasteiger partial charge in [-0.15, -0.1) is 0 Å². The van der Waals surface area contributed by atoms with Gasteiger partial charge >= 0.3 is 5.97 Å². The van der Waals surface area contributed by atoms with Gasteiger partial charge in [-0.25, -0.2) is 0 Å². The monoisotopic (exact) mass is 278 g/mol. The highest BCUT2D eigenvalue weighted by atomic mass is 16.4. The number of benzene rings is 1. The van der Waals surface area contributed by atoms with Crippen LogP contribution in [0.15, 0.2) is 30.3 Å². The highest BCUT2D eigenvalue weighted by Gasteiger charge is 2.44. The molecule has 1 aromatic rings. The minimum absolute atomic E-state index is 0.0191. The van der Waals surface area contributed by atoms with Crippen molar-refractivity contribution >= 4 is 11.8 Å². The van der Waals surface area contributed by atoms with Crippen molar-refractivity contribution < 1.29 is 14.7 Å². The fourth-order valence-corrected chi connectivity index (χ4v) is 1.86. The molecule has 0 bridgehead atoms. The number of hydrogen-bond donors (Lipinski definition) is 1. The second-order valence-electron chi connectivity index (χ2n) is 5.77. The third kappa shape index (κ3) is 4.19. The van der Waals surface area contributed by atoms with Gasteiger partial charge in [0, 0.05) is 11.0 Å². The first-order chi connectivity index (χ1) is 9.18. The van der Waals surface area contributed by atoms with Gasteiger partial charge in [-0.05, 0) is 5.41 Å². The molecule has 3 nitrogen and oxygen atoms in total. The molecule has 0 unspecified atom stereocenters. The van der Waals surface area contributed by atoms with Crippen molar-refractivity contribution in [1.82, 2.24) is 0 Å². The molecule has 1 rings (SSSR count). The van der Waals surface area contributed by atoms with Gasteiger partial charge in [0.15, 0.2) is 5.78 Å². The number of carbonyl (C=O) groups is 2. The van der Waals surface area contributed by atoms with E-state index in [1.807, 2.05) is 59.7 Å². The lowest BCUT2D eigenvalue weighted by atomic mass is 9.63. The molecule has 0 saturated carbocycles. The normalized spacial score (nSPS) is 11.3. The van der Waals surface area contributed by atoms with Gasteiger partial charge in [-0.3, -0.25) is 9.59 Å². The van der Waals surface area contributed by atoms with Crippen molar-refractivity contribution in [3.8, 4) is 0 Å². The molecular weight excluding hydrogens is 252 g/mol. The highest BCUT2D eigenvalue weighted by Crippen LogP contribution is 2.43. The average Bonchev–Trinajstić information content (AvgIpc) is 2.39. The van der Waals surface area contributed by atoms with Crippen LogP contribution in [0.2, 0.25) is 0 Å². The molecule has 3 heteroatoms. The van der Waals surface area contributed by atoms with Gasteiger partial charge in [-0.2, -0.15) is 0 Å². The fourth-order valence-electron chi connectivity index (χ4n) is 1.86. The largest absolute Gasteiger partial charge is 0.481 e. The van der Waals surface area contributed by atoms with E-state index in [1.54, 1.807) is 12.1 Å². The molecule has 1 N–H and O–H groups in total. The maximum Gasteiger partial charge on any atom is 0.303 e. The van der Waals surface area contributed by atoms with Gasteiger partial charge < -0.3 is 5.11 Å². The Morgan fingerprint density at radius 1 is 1.00 bits per heavy atom. The van der Waals surface area contributed by atoms with Gasteiger partial charge in [-0.1, -0.05) is 71.9 Å². The van der Waals surface area contributed by atoms with E-state index in [2.05, 4.69) is 0 Å². The molecule has 0 heterocycles. The first-order valence-corrected chi connectivity index (χ1v) is 7.00. The molecule has 0 saturated heterocycles. The van der Waals surface area contributed by atoms with Crippen molar-refractivity contribution in [2.45, 2.75) is 48.0 Å². The SMILES string of the molecule is CC.CC(C)(CC(=O)O)C(C)(C)C(=O)c1ccccc1. The van der Waals surface area contributed by atoms with E-state index >= 15 is 0 Å². The molecule has 0 radical (unpaired) electrons. The zero-order chi connectivity index (χ0) is 16.0. The zero-order valence-electron chi connectivity index (χ0n) is 13.4. The molecule has 0 spiro atoms. The Balaban J connectivity index is 0.00000172. The van der Waals surface area contributed by atoms with E-state index in [0.29, 0.717) is 5.56 Å². The smallest absolute Gasteiger partial charge is 0.303 e. The van der Waals surface area contributed by atoms with Crippen LogP contribution in [0.1, 0.15) is 58.3 Å². The number of rotatable bonds is 5. The molecule has 1 aromatic carbocycles. The quantitative estimate of drug-likeness (QED) is 0.811. The maximum atomic E-state index is 12.5. The summed E-state index contributed by atoms with van der Waals surface area (Å²) in [5, 5.41) is 8.95. The van der Waals surface area contributed by atoms with E-state index in [4.69, 9.17) is 5.11 Å². The summed E-state index contributed by atoms with van der Waals surface area (Å²) in [6.45, 7) is 11.3. The summed E-state index contributed by atoms with van der Waals surface area (Å²) in [6, 6.07) is 9.01. The highest BCUT2D eigenvalue weighted by molar-refractivity contribution is 6.00. The molecule has 0 aliphatic rings. The van der Waals surface area contributed by atoms with E-state index in [1.165, 1.54) is 0 Å². The lowest BCUT2D eigenvalue weighted by Crippen LogP contribution is -2.41. The van der Waals surface area contributed by atoms with Crippen LogP contribution in [0.4, 0.5) is 0 Å². The Labute approximate surface area is 122 Å². The Bertz CT molecular complexity index is 445. The van der Waals surface area contributed by atoms with Crippen LogP contribution in [-0.2, 0) is 4.79 Å². The second-order valence-corrected chi connectivity index (χ2v) is 5.77. The molecule has 112 valence electrons. The molecule has 0 amide bonds. The van der Waals surface area contributed by atoms with Crippen LogP contribution in [0.25, 0.3) is 0 Å². The Morgan fingerprint density at radius 2 is 1.45 bits per heavy atom. The van der Waals surface area contributed by atoms with Crippen LogP contribution in [0.5, 0.6) is 0 Å². The molecule has 0 atom stereocenters. The van der Waals surface area contributed by atoms with E-state index < -0.39 is 16.8 Å². The third-order valence-corrected chi connectivity index (χ3v) is 3.89. The predicted molar refractivity (Wildman–Crippen MR) is 81.9 cm³/mol. The van der Waals surface area contributed by atoms with Gasteiger partial charge in [0.25, 0.3) is 0 Å². The lowest BCUT2D eigenvalue weighted by molar-refractivity contribution is -0.140. The van der Waals surface area contributed by atoms with Gasteiger partial charge in [0.05, 0.1) is 6.42 Å². The first-order valence-electron chi connectivity index (χ1n) is 7.00. The van der Waals surface area contributed by atoms with Gasteiger partial charge in [0.1, 0.15) is 0 Å². The summed E-state index contributed by atoms with van der Waals surface area (Å²) in [6.07, 6.45) is -0.0292. The number of ketones is 1. The molecule has 0 aliphatic carbocycles. The van der Waals surface area contributed by atoms with Crippen LogP contribution in [-0.4, -0.2) is 16.9 Å². The molecule has 20 heavy (non-hydrogen) atoms. The average molecular weight is 278 g/mol. The number of aliphatic carboxylic acids is 1. The summed E-state index contributed by atoms with van der Waals surface area (Å²) < 4.78 is 0. The Kier molecular flexibility index (Phi) is 6.63. The zero-order valence-corrected chi connectivity index (χ0v) is 13.4. The second kappa shape index (κ2) is 7.22. The molecule has 0 aromatic heterocycles. The van der Waals surface area contributed by atoms with Crippen molar-refractivity contribution in [3.63, 3.8) is 0 Å².